The van der Waals surface area contributed by atoms with Gasteiger partial charge in [-0.05, 0) is 70.9 Å². The molecule has 0 spiro atoms. The highest BCUT2D eigenvalue weighted by atomic mass is 32.2. The number of amides is 2. The van der Waals surface area contributed by atoms with Crippen LogP contribution in [0, 0.1) is 0 Å². The molecule has 1 atom stereocenters. The lowest BCUT2D eigenvalue weighted by Crippen LogP contribution is -2.23. The van der Waals surface area contributed by atoms with Gasteiger partial charge in [-0.15, -0.1) is 11.8 Å². The second-order valence-corrected chi connectivity index (χ2v) is 17.5. The fraction of sp³-hybridized carbons (Fsp3) is 0.542. The molecule has 0 bridgehead atoms. The Morgan fingerprint density at radius 1 is 0.692 bits per heavy atom. The number of hydrogen-bond donors (Lipinski definition) is 9. The quantitative estimate of drug-likeness (QED) is 0.0197. The number of nitrogens with two attached hydrogens (primary N) is 6. The summed E-state index contributed by atoms with van der Waals surface area (Å²) in [5.41, 5.74) is 39.6. The molecule has 0 saturated carbocycles. The molecule has 0 saturated heterocycles. The minimum Gasteiger partial charge on any atom is -0.491 e. The molecule has 3 rings (SSSR count). The number of nitrogens with one attached hydrogen (secondary N) is 3. The first-order chi connectivity index (χ1) is 30.9. The third-order valence-electron chi connectivity index (χ3n) is 9.56. The summed E-state index contributed by atoms with van der Waals surface area (Å²) < 4.78 is 12.0. The number of ether oxygens (including phenoxy) is 2. The summed E-state index contributed by atoms with van der Waals surface area (Å²) in [5.74, 6) is -0.236. The summed E-state index contributed by atoms with van der Waals surface area (Å²) >= 11 is 1.49. The summed E-state index contributed by atoms with van der Waals surface area (Å²) in [6, 6.07) is 10.7. The fourth-order valence-electron chi connectivity index (χ4n) is 6.19. The van der Waals surface area contributed by atoms with E-state index in [1.807, 2.05) is 58.9 Å². The molecule has 0 heterocycles. The van der Waals surface area contributed by atoms with E-state index < -0.39 is 11.8 Å². The summed E-state index contributed by atoms with van der Waals surface area (Å²) in [4.78, 5) is 38.9. The molecular weight excluding hydrogens is 858 g/mol. The molecule has 0 aliphatic carbocycles. The summed E-state index contributed by atoms with van der Waals surface area (Å²) in [6.45, 7) is 28.2. The number of carbonyl (C=O) groups excluding carboxylic acids is 2. The lowest BCUT2D eigenvalue weighted by Gasteiger charge is -2.27. The van der Waals surface area contributed by atoms with Crippen molar-refractivity contribution in [3.05, 3.63) is 58.7 Å². The molecule has 0 aromatic heterocycles. The number of aliphatic imine (C=N–C) groups is 2. The molecule has 0 aliphatic heterocycles. The van der Waals surface area contributed by atoms with Crippen LogP contribution in [0.3, 0.4) is 0 Å². The minimum atomic E-state index is -0.567. The van der Waals surface area contributed by atoms with E-state index in [-0.39, 0.29) is 71.3 Å². The van der Waals surface area contributed by atoms with Gasteiger partial charge in [-0.3, -0.25) is 9.59 Å². The van der Waals surface area contributed by atoms with Crippen molar-refractivity contribution in [1.29, 1.82) is 0 Å². The maximum atomic E-state index is 14.6. The van der Waals surface area contributed by atoms with Gasteiger partial charge in [0, 0.05) is 32.2 Å². The number of carbonyl (C=O) groups is 2. The second-order valence-electron chi connectivity index (χ2n) is 15.6. The Bertz CT molecular complexity index is 1980. The van der Waals surface area contributed by atoms with Gasteiger partial charge in [0.2, 0.25) is 0 Å². The van der Waals surface area contributed by atoms with Crippen LogP contribution in [0.2, 0.25) is 0 Å². The first-order valence-corrected chi connectivity index (χ1v) is 24.5. The van der Waals surface area contributed by atoms with Crippen LogP contribution in [0.1, 0.15) is 148 Å². The Kier molecular flexibility index (Phi) is 29.1. The Morgan fingerprint density at radius 2 is 1.18 bits per heavy atom. The average molecular weight is 942 g/mol. The van der Waals surface area contributed by atoms with Crippen LogP contribution in [0.5, 0.6) is 11.5 Å². The SMILES string of the molecule is CC.CC.CCC.CCCC(C)(C)c1cc(N=C(N)N)c(SCC)c(NC(=O)c2cc(C(=O)Nc3cc(C(C)(C)CC)cc(N=C(N)P)c3NCCN)c(OCCN)cc2OCCN)c1. The first kappa shape index (κ1) is 60.4. The van der Waals surface area contributed by atoms with Gasteiger partial charge in [0.15, 0.2) is 5.96 Å². The van der Waals surface area contributed by atoms with Crippen molar-refractivity contribution in [3.63, 3.8) is 0 Å². The predicted molar refractivity (Wildman–Crippen MR) is 285 cm³/mol. The van der Waals surface area contributed by atoms with E-state index in [1.54, 1.807) is 0 Å². The van der Waals surface area contributed by atoms with Crippen molar-refractivity contribution in [1.82, 2.24) is 0 Å². The van der Waals surface area contributed by atoms with E-state index in [4.69, 9.17) is 43.9 Å². The molecule has 17 heteroatoms. The fourth-order valence-corrected chi connectivity index (χ4v) is 7.13. The highest BCUT2D eigenvalue weighted by molar-refractivity contribution is 7.99. The van der Waals surface area contributed by atoms with E-state index >= 15 is 0 Å². The summed E-state index contributed by atoms with van der Waals surface area (Å²) in [6.07, 6.45) is 3.87. The smallest absolute Gasteiger partial charge is 0.259 e. The molecule has 3 aromatic rings. The van der Waals surface area contributed by atoms with Gasteiger partial charge in [0.1, 0.15) is 30.3 Å². The maximum Gasteiger partial charge on any atom is 0.259 e. The molecule has 0 radical (unpaired) electrons. The van der Waals surface area contributed by atoms with Crippen LogP contribution < -0.4 is 59.8 Å². The molecule has 366 valence electrons. The van der Waals surface area contributed by atoms with Crippen LogP contribution in [-0.4, -0.2) is 68.5 Å². The van der Waals surface area contributed by atoms with Crippen molar-refractivity contribution in [2.24, 2.45) is 44.4 Å². The van der Waals surface area contributed by atoms with Crippen LogP contribution >= 0.6 is 21.0 Å². The van der Waals surface area contributed by atoms with E-state index in [0.29, 0.717) is 52.2 Å². The van der Waals surface area contributed by atoms with E-state index in [1.165, 1.54) is 30.3 Å². The Balaban J connectivity index is 0.00000553. The number of hydrogen-bond acceptors (Lipinski definition) is 11. The van der Waals surface area contributed by atoms with Gasteiger partial charge < -0.3 is 59.8 Å². The lowest BCUT2D eigenvalue weighted by molar-refractivity contribution is 0.102. The van der Waals surface area contributed by atoms with Crippen LogP contribution in [0.15, 0.2) is 51.3 Å². The average Bonchev–Trinajstić information content (AvgIpc) is 3.26. The van der Waals surface area contributed by atoms with Gasteiger partial charge in [-0.25, -0.2) is 9.98 Å². The van der Waals surface area contributed by atoms with Crippen LogP contribution in [0.4, 0.5) is 28.4 Å². The molecule has 15 N–H and O–H groups in total. The molecule has 3 aromatic carbocycles. The number of nitrogens with zero attached hydrogens (tertiary/aromatic N) is 2. The van der Waals surface area contributed by atoms with Gasteiger partial charge in [-0.1, -0.05) is 112 Å². The standard InChI is InChI=1S/C41H64N11O4PS.C3H8.2C2H6/c1-8-11-41(6,7)25-20-30(35(58-10-3)31(21-25)51-38(45)46)50-37(54)27-22-26(32(55-16-13-43)23-33(27)56-17-14-44)36(53)49-28-18-24(40(4,5)9-2)19-29(52-39(47)57)34(28)48-15-12-42;1-3-2;2*1-2/h18-23,48H,8-17,42-44,57H2,1-7H3,(H2,47,52)(H,49,53)(H,50,54)(H4,45,46,51);3H2,1-2H3;2*1-2H3. The molecule has 2 amide bonds. The number of benzene rings is 3. The molecule has 15 nitrogen and oxygen atoms in total. The van der Waals surface area contributed by atoms with Gasteiger partial charge in [0.25, 0.3) is 11.8 Å². The normalized spacial score (nSPS) is 11.1. The molecule has 1 unspecified atom stereocenters. The van der Waals surface area contributed by atoms with Crippen LogP contribution in [0.25, 0.3) is 0 Å². The Morgan fingerprint density at radius 3 is 1.63 bits per heavy atom. The topological polar surface area (TPSA) is 270 Å². The van der Waals surface area contributed by atoms with Gasteiger partial charge >= 0.3 is 0 Å². The van der Waals surface area contributed by atoms with Crippen molar-refractivity contribution < 1.29 is 19.1 Å². The maximum absolute atomic E-state index is 14.6. The molecule has 0 aliphatic rings. The lowest BCUT2D eigenvalue weighted by atomic mass is 9.80. The van der Waals surface area contributed by atoms with E-state index in [9.17, 15) is 9.59 Å². The number of amidine groups is 1. The summed E-state index contributed by atoms with van der Waals surface area (Å²) in [5, 5.41) is 9.46. The van der Waals surface area contributed by atoms with Gasteiger partial charge in [0.05, 0.1) is 44.5 Å². The third-order valence-corrected chi connectivity index (χ3v) is 10.7. The predicted octanol–water partition coefficient (Wildman–Crippen LogP) is 9.31. The Labute approximate surface area is 397 Å². The monoisotopic (exact) mass is 942 g/mol. The largest absolute Gasteiger partial charge is 0.491 e. The third kappa shape index (κ3) is 19.0. The molecular formula is C48H84N11O4PS. The van der Waals surface area contributed by atoms with Gasteiger partial charge in [-0.2, -0.15) is 0 Å². The van der Waals surface area contributed by atoms with Crippen LogP contribution in [-0.2, 0) is 10.8 Å². The minimum absolute atomic E-state index is 0.0569. The Hall–Kier alpha value is -4.60. The van der Waals surface area contributed by atoms with Crippen molar-refractivity contribution in [2.75, 3.05) is 61.1 Å². The van der Waals surface area contributed by atoms with Crippen molar-refractivity contribution in [3.8, 4) is 11.5 Å². The number of guanidine groups is 1. The van der Waals surface area contributed by atoms with E-state index in [0.717, 1.165) is 30.4 Å². The second kappa shape index (κ2) is 31.3. The van der Waals surface area contributed by atoms with E-state index in [2.05, 4.69) is 90.6 Å². The first-order valence-electron chi connectivity index (χ1n) is 23.0. The molecule has 0 fully saturated rings. The zero-order chi connectivity index (χ0) is 49.9. The number of rotatable bonds is 22. The van der Waals surface area contributed by atoms with Crippen molar-refractivity contribution in [2.45, 2.75) is 131 Å². The van der Waals surface area contributed by atoms with Crippen molar-refractivity contribution >= 4 is 72.8 Å². The highest BCUT2D eigenvalue weighted by Crippen LogP contribution is 2.43. The zero-order valence-electron chi connectivity index (χ0n) is 41.7. The number of thioether (sulfide) groups is 1. The summed E-state index contributed by atoms with van der Waals surface area (Å²) in [7, 11) is 2.39. The molecule has 65 heavy (non-hydrogen) atoms. The zero-order valence-corrected chi connectivity index (χ0v) is 43.7. The highest BCUT2D eigenvalue weighted by Gasteiger charge is 2.28. The number of anilines is 3.